The van der Waals surface area contributed by atoms with Crippen molar-refractivity contribution in [2.75, 3.05) is 39.8 Å². The van der Waals surface area contributed by atoms with Crippen molar-refractivity contribution >= 4 is 0 Å². The van der Waals surface area contributed by atoms with Crippen molar-refractivity contribution < 1.29 is 0 Å². The molecular weight excluding hydrogens is 160 g/mol. The summed E-state index contributed by atoms with van der Waals surface area (Å²) in [6.07, 6.45) is 0. The van der Waals surface area contributed by atoms with Crippen LogP contribution in [0.25, 0.3) is 0 Å². The molecule has 0 aromatic carbocycles. The Morgan fingerprint density at radius 3 is 1.85 bits per heavy atom. The highest BCUT2D eigenvalue weighted by atomic mass is 15.2. The first kappa shape index (κ1) is 11.0. The maximum absolute atomic E-state index is 2.59. The summed E-state index contributed by atoms with van der Waals surface area (Å²) in [4.78, 5) is 5.06. The highest BCUT2D eigenvalue weighted by Crippen LogP contribution is 2.29. The molecule has 0 aliphatic carbocycles. The normalized spacial score (nSPS) is 34.2. The van der Waals surface area contributed by atoms with Crippen molar-refractivity contribution in [2.24, 2.45) is 11.8 Å². The Labute approximate surface area is 82.9 Å². The molecule has 2 saturated heterocycles. The molecule has 0 aromatic heterocycles. The minimum absolute atomic E-state index is 0.986. The standard InChI is InChI=1S/C9H18N2.C2H6/c1-3-11-6-8-4-10(2)5-9(8)7-11;1-2/h8-9H,3-7H2,1-2H3;1-2H3/t8-,9+;. The zero-order valence-electron chi connectivity index (χ0n) is 9.58. The highest BCUT2D eigenvalue weighted by Gasteiger charge is 2.37. The quantitative estimate of drug-likeness (QED) is 0.610. The molecule has 0 spiro atoms. The van der Waals surface area contributed by atoms with Gasteiger partial charge in [0.25, 0.3) is 0 Å². The zero-order valence-corrected chi connectivity index (χ0v) is 9.58. The molecule has 2 fully saturated rings. The maximum atomic E-state index is 2.59. The molecule has 13 heavy (non-hydrogen) atoms. The second kappa shape index (κ2) is 4.97. The van der Waals surface area contributed by atoms with Gasteiger partial charge in [0.05, 0.1) is 0 Å². The SMILES string of the molecule is CC.CCN1C[C@H]2CN(C)C[C@H]2C1. The second-order valence-electron chi connectivity index (χ2n) is 4.09. The molecule has 78 valence electrons. The van der Waals surface area contributed by atoms with Crippen LogP contribution in [0.15, 0.2) is 0 Å². The number of likely N-dealkylation sites (tertiary alicyclic amines) is 2. The third-order valence-corrected chi connectivity index (χ3v) is 3.19. The Morgan fingerprint density at radius 1 is 1.00 bits per heavy atom. The predicted octanol–water partition coefficient (Wildman–Crippen LogP) is 1.53. The third-order valence-electron chi connectivity index (χ3n) is 3.19. The molecule has 2 aliphatic rings. The summed E-state index contributed by atoms with van der Waals surface area (Å²) in [5, 5.41) is 0. The maximum Gasteiger partial charge on any atom is 0.00255 e. The van der Waals surface area contributed by atoms with Crippen molar-refractivity contribution in [2.45, 2.75) is 20.8 Å². The smallest absolute Gasteiger partial charge is 0.00255 e. The van der Waals surface area contributed by atoms with Gasteiger partial charge in [-0.25, -0.2) is 0 Å². The van der Waals surface area contributed by atoms with E-state index < -0.39 is 0 Å². The molecule has 2 heteroatoms. The minimum atomic E-state index is 0.986. The van der Waals surface area contributed by atoms with E-state index in [4.69, 9.17) is 0 Å². The van der Waals surface area contributed by atoms with Gasteiger partial charge in [0.2, 0.25) is 0 Å². The van der Waals surface area contributed by atoms with Crippen LogP contribution < -0.4 is 0 Å². The summed E-state index contributed by atoms with van der Waals surface area (Å²) in [6, 6.07) is 0. The summed E-state index contributed by atoms with van der Waals surface area (Å²) >= 11 is 0. The molecule has 2 heterocycles. The zero-order chi connectivity index (χ0) is 9.84. The van der Waals surface area contributed by atoms with Gasteiger partial charge in [-0.05, 0) is 25.4 Å². The Bertz CT molecular complexity index is 133. The van der Waals surface area contributed by atoms with Crippen LogP contribution >= 0.6 is 0 Å². The van der Waals surface area contributed by atoms with Gasteiger partial charge in [0.15, 0.2) is 0 Å². The second-order valence-corrected chi connectivity index (χ2v) is 4.09. The third kappa shape index (κ3) is 2.44. The van der Waals surface area contributed by atoms with E-state index in [0.29, 0.717) is 0 Å². The first-order valence-corrected chi connectivity index (χ1v) is 5.70. The average Bonchev–Trinajstić information content (AvgIpc) is 2.64. The van der Waals surface area contributed by atoms with Crippen molar-refractivity contribution in [1.29, 1.82) is 0 Å². The van der Waals surface area contributed by atoms with Crippen molar-refractivity contribution in [3.8, 4) is 0 Å². The van der Waals surface area contributed by atoms with Crippen LogP contribution in [0.3, 0.4) is 0 Å². The predicted molar refractivity (Wildman–Crippen MR) is 57.9 cm³/mol. The largest absolute Gasteiger partial charge is 0.306 e. The van der Waals surface area contributed by atoms with Gasteiger partial charge in [-0.15, -0.1) is 0 Å². The Kier molecular flexibility index (Phi) is 4.20. The molecule has 0 aromatic rings. The van der Waals surface area contributed by atoms with Gasteiger partial charge < -0.3 is 9.80 Å². The topological polar surface area (TPSA) is 6.48 Å². The van der Waals surface area contributed by atoms with E-state index in [2.05, 4.69) is 23.8 Å². The van der Waals surface area contributed by atoms with Crippen LogP contribution in [0.2, 0.25) is 0 Å². The molecule has 0 unspecified atom stereocenters. The summed E-state index contributed by atoms with van der Waals surface area (Å²) in [5.41, 5.74) is 0. The molecule has 0 N–H and O–H groups in total. The van der Waals surface area contributed by atoms with Gasteiger partial charge in [-0.2, -0.15) is 0 Å². The van der Waals surface area contributed by atoms with E-state index in [1.54, 1.807) is 0 Å². The van der Waals surface area contributed by atoms with E-state index in [9.17, 15) is 0 Å². The van der Waals surface area contributed by atoms with Gasteiger partial charge in [0, 0.05) is 26.2 Å². The van der Waals surface area contributed by atoms with E-state index in [0.717, 1.165) is 11.8 Å². The van der Waals surface area contributed by atoms with E-state index >= 15 is 0 Å². The lowest BCUT2D eigenvalue weighted by Gasteiger charge is -2.16. The Morgan fingerprint density at radius 2 is 1.46 bits per heavy atom. The summed E-state index contributed by atoms with van der Waals surface area (Å²) in [7, 11) is 2.24. The number of rotatable bonds is 1. The molecule has 0 amide bonds. The number of hydrogen-bond acceptors (Lipinski definition) is 2. The summed E-state index contributed by atoms with van der Waals surface area (Å²) < 4.78 is 0. The van der Waals surface area contributed by atoms with Gasteiger partial charge in [-0.1, -0.05) is 20.8 Å². The number of hydrogen-bond donors (Lipinski definition) is 0. The molecule has 2 rings (SSSR count). The highest BCUT2D eigenvalue weighted by molar-refractivity contribution is 4.91. The van der Waals surface area contributed by atoms with Crippen LogP contribution in [0.1, 0.15) is 20.8 Å². The van der Waals surface area contributed by atoms with Crippen LogP contribution in [0.4, 0.5) is 0 Å². The van der Waals surface area contributed by atoms with Crippen molar-refractivity contribution in [1.82, 2.24) is 9.80 Å². The first-order chi connectivity index (χ1) is 6.29. The molecular formula is C11H24N2. The van der Waals surface area contributed by atoms with Gasteiger partial charge >= 0.3 is 0 Å². The molecule has 0 saturated carbocycles. The lowest BCUT2D eigenvalue weighted by molar-refractivity contribution is 0.289. The number of fused-ring (bicyclic) bond motifs is 1. The monoisotopic (exact) mass is 184 g/mol. The lowest BCUT2D eigenvalue weighted by Crippen LogP contribution is -2.26. The van der Waals surface area contributed by atoms with Crippen molar-refractivity contribution in [3.63, 3.8) is 0 Å². The Hall–Kier alpha value is -0.0800. The molecule has 2 aliphatic heterocycles. The van der Waals surface area contributed by atoms with Crippen LogP contribution in [0.5, 0.6) is 0 Å². The number of nitrogens with zero attached hydrogens (tertiary/aromatic N) is 2. The van der Waals surface area contributed by atoms with Gasteiger partial charge in [0.1, 0.15) is 0 Å². The van der Waals surface area contributed by atoms with Gasteiger partial charge in [-0.3, -0.25) is 0 Å². The van der Waals surface area contributed by atoms with Crippen LogP contribution in [0, 0.1) is 11.8 Å². The van der Waals surface area contributed by atoms with E-state index in [1.165, 1.54) is 32.7 Å². The average molecular weight is 184 g/mol. The fraction of sp³-hybridized carbons (Fsp3) is 1.00. The fourth-order valence-electron chi connectivity index (χ4n) is 2.58. The van der Waals surface area contributed by atoms with Crippen LogP contribution in [-0.2, 0) is 0 Å². The lowest BCUT2D eigenvalue weighted by atomic mass is 10.0. The minimum Gasteiger partial charge on any atom is -0.306 e. The van der Waals surface area contributed by atoms with Crippen molar-refractivity contribution in [3.05, 3.63) is 0 Å². The Balaban J connectivity index is 0.000000396. The molecule has 0 bridgehead atoms. The van der Waals surface area contributed by atoms with Crippen LogP contribution in [-0.4, -0.2) is 49.6 Å². The fourth-order valence-corrected chi connectivity index (χ4v) is 2.58. The molecule has 2 atom stereocenters. The van der Waals surface area contributed by atoms with E-state index in [1.807, 2.05) is 13.8 Å². The molecule has 2 nitrogen and oxygen atoms in total. The summed E-state index contributed by atoms with van der Waals surface area (Å²) in [5.74, 6) is 1.97. The summed E-state index contributed by atoms with van der Waals surface area (Å²) in [6.45, 7) is 12.9. The first-order valence-electron chi connectivity index (χ1n) is 5.70. The van der Waals surface area contributed by atoms with E-state index in [-0.39, 0.29) is 0 Å². The molecule has 0 radical (unpaired) electrons.